The molecule has 0 unspecified atom stereocenters. The highest BCUT2D eigenvalue weighted by Crippen LogP contribution is 2.26. The van der Waals surface area contributed by atoms with Gasteiger partial charge >= 0.3 is 5.97 Å². The molecule has 0 aliphatic heterocycles. The van der Waals surface area contributed by atoms with Crippen LogP contribution < -0.4 is 0 Å². The molecule has 0 saturated heterocycles. The molecule has 1 rings (SSSR count). The lowest BCUT2D eigenvalue weighted by molar-refractivity contribution is -0.887. The standard InChI is InChI=1S/C21H42NO3/c1-4-5-6-7-8-9-10-13-16-25-21(24)18-22(2,3)17-19-14-11-12-15-20(19)23/h19-20,23H,4-18H2,1-3H3/q+1/t19-,20-/m1/s1. The molecule has 1 aliphatic rings. The third-order valence-corrected chi connectivity index (χ3v) is 5.42. The lowest BCUT2D eigenvalue weighted by Crippen LogP contribution is -2.50. The van der Waals surface area contributed by atoms with E-state index in [1.54, 1.807) is 0 Å². The summed E-state index contributed by atoms with van der Waals surface area (Å²) in [5.41, 5.74) is 0. The fourth-order valence-electron chi connectivity index (χ4n) is 3.92. The highest BCUT2D eigenvalue weighted by atomic mass is 16.5. The van der Waals surface area contributed by atoms with E-state index < -0.39 is 0 Å². The van der Waals surface area contributed by atoms with E-state index >= 15 is 0 Å². The van der Waals surface area contributed by atoms with Crippen LogP contribution in [0.1, 0.15) is 84.0 Å². The number of hydrogen-bond acceptors (Lipinski definition) is 3. The number of rotatable bonds is 13. The van der Waals surface area contributed by atoms with Crippen molar-refractivity contribution in [3.8, 4) is 0 Å². The van der Waals surface area contributed by atoms with Crippen molar-refractivity contribution in [3.05, 3.63) is 0 Å². The molecule has 1 aliphatic carbocycles. The highest BCUT2D eigenvalue weighted by Gasteiger charge is 2.31. The molecule has 0 heterocycles. The number of aliphatic hydroxyl groups excluding tert-OH is 1. The van der Waals surface area contributed by atoms with Crippen LogP contribution in [0, 0.1) is 5.92 Å². The van der Waals surface area contributed by atoms with Crippen molar-refractivity contribution in [2.75, 3.05) is 33.8 Å². The maximum Gasteiger partial charge on any atom is 0.361 e. The van der Waals surface area contributed by atoms with Crippen LogP contribution in [0.2, 0.25) is 0 Å². The van der Waals surface area contributed by atoms with Crippen LogP contribution in [0.25, 0.3) is 0 Å². The van der Waals surface area contributed by atoms with Gasteiger partial charge in [0.15, 0.2) is 6.54 Å². The Morgan fingerprint density at radius 1 is 1.00 bits per heavy atom. The van der Waals surface area contributed by atoms with E-state index in [1.165, 1.54) is 44.9 Å². The zero-order chi connectivity index (χ0) is 18.5. The molecule has 0 bridgehead atoms. The lowest BCUT2D eigenvalue weighted by Gasteiger charge is -2.36. The van der Waals surface area contributed by atoms with E-state index in [0.717, 1.165) is 38.6 Å². The number of carbonyl (C=O) groups excluding carboxylic acids is 1. The Labute approximate surface area is 155 Å². The molecular formula is C21H42NO3+. The average molecular weight is 357 g/mol. The van der Waals surface area contributed by atoms with Crippen molar-refractivity contribution in [1.29, 1.82) is 0 Å². The summed E-state index contributed by atoms with van der Waals surface area (Å²) in [6.07, 6.45) is 14.2. The number of unbranched alkanes of at least 4 members (excludes halogenated alkanes) is 7. The van der Waals surface area contributed by atoms with Crippen molar-refractivity contribution < 1.29 is 19.1 Å². The smallest absolute Gasteiger partial charge is 0.361 e. The monoisotopic (exact) mass is 356 g/mol. The third kappa shape index (κ3) is 10.9. The molecule has 1 saturated carbocycles. The van der Waals surface area contributed by atoms with Crippen LogP contribution in [-0.2, 0) is 9.53 Å². The van der Waals surface area contributed by atoms with Gasteiger partial charge < -0.3 is 14.3 Å². The van der Waals surface area contributed by atoms with Crippen molar-refractivity contribution >= 4 is 5.97 Å². The molecule has 0 aromatic heterocycles. The number of likely N-dealkylation sites (N-methyl/N-ethyl adjacent to an activating group) is 1. The summed E-state index contributed by atoms with van der Waals surface area (Å²) in [5, 5.41) is 10.1. The van der Waals surface area contributed by atoms with Crippen molar-refractivity contribution in [3.63, 3.8) is 0 Å². The van der Waals surface area contributed by atoms with Gasteiger partial charge in [0.1, 0.15) is 0 Å². The van der Waals surface area contributed by atoms with Gasteiger partial charge in [0.05, 0.1) is 33.4 Å². The number of nitrogens with zero attached hydrogens (tertiary/aromatic N) is 1. The zero-order valence-corrected chi connectivity index (χ0v) is 17.0. The van der Waals surface area contributed by atoms with Gasteiger partial charge in [0.25, 0.3) is 0 Å². The normalized spacial score (nSPS) is 21.3. The second kappa shape index (κ2) is 12.7. The maximum absolute atomic E-state index is 12.1. The summed E-state index contributed by atoms with van der Waals surface area (Å²) < 4.78 is 6.03. The molecule has 0 spiro atoms. The quantitative estimate of drug-likeness (QED) is 0.304. The topological polar surface area (TPSA) is 46.5 Å². The summed E-state index contributed by atoms with van der Waals surface area (Å²) in [6.45, 7) is 4.06. The molecule has 0 amide bonds. The minimum atomic E-state index is -0.195. The summed E-state index contributed by atoms with van der Waals surface area (Å²) in [7, 11) is 4.14. The Bertz CT molecular complexity index is 357. The first-order valence-corrected chi connectivity index (χ1v) is 10.6. The van der Waals surface area contributed by atoms with Gasteiger partial charge in [-0.2, -0.15) is 0 Å². The zero-order valence-electron chi connectivity index (χ0n) is 17.0. The fourth-order valence-corrected chi connectivity index (χ4v) is 3.92. The predicted octanol–water partition coefficient (Wildman–Crippen LogP) is 4.30. The Balaban J connectivity index is 2.08. The first kappa shape index (κ1) is 22.4. The van der Waals surface area contributed by atoms with Crippen LogP contribution >= 0.6 is 0 Å². The van der Waals surface area contributed by atoms with Crippen molar-refractivity contribution in [2.24, 2.45) is 5.92 Å². The number of quaternary nitrogens is 1. The third-order valence-electron chi connectivity index (χ3n) is 5.42. The highest BCUT2D eigenvalue weighted by molar-refractivity contribution is 5.70. The Hall–Kier alpha value is -0.610. The van der Waals surface area contributed by atoms with E-state index in [0.29, 0.717) is 23.6 Å². The molecule has 1 fully saturated rings. The number of ether oxygens (including phenoxy) is 1. The van der Waals surface area contributed by atoms with Gasteiger partial charge in [-0.1, -0.05) is 64.7 Å². The SMILES string of the molecule is CCCCCCCCCCOC(=O)C[N+](C)(C)C[C@H]1CCCC[C@H]1O. The first-order chi connectivity index (χ1) is 11.9. The van der Waals surface area contributed by atoms with Crippen LogP contribution in [0.15, 0.2) is 0 Å². The minimum Gasteiger partial charge on any atom is -0.462 e. The van der Waals surface area contributed by atoms with Gasteiger partial charge in [-0.3, -0.25) is 0 Å². The molecule has 0 radical (unpaired) electrons. The summed E-state index contributed by atoms with van der Waals surface area (Å²) in [4.78, 5) is 12.1. The van der Waals surface area contributed by atoms with Crippen LogP contribution in [-0.4, -0.2) is 55.5 Å². The largest absolute Gasteiger partial charge is 0.462 e. The number of carbonyl (C=O) groups is 1. The van der Waals surface area contributed by atoms with Crippen LogP contribution in [0.5, 0.6) is 0 Å². The van der Waals surface area contributed by atoms with E-state index in [1.807, 2.05) is 0 Å². The molecule has 0 aromatic carbocycles. The summed E-state index contributed by atoms with van der Waals surface area (Å²) >= 11 is 0. The maximum atomic E-state index is 12.1. The van der Waals surface area contributed by atoms with E-state index in [4.69, 9.17) is 4.74 Å². The summed E-state index contributed by atoms with van der Waals surface area (Å²) in [6, 6.07) is 0. The van der Waals surface area contributed by atoms with Crippen molar-refractivity contribution in [2.45, 2.75) is 90.1 Å². The van der Waals surface area contributed by atoms with E-state index in [2.05, 4.69) is 21.0 Å². The average Bonchev–Trinajstić information content (AvgIpc) is 2.55. The summed E-state index contributed by atoms with van der Waals surface area (Å²) in [5.74, 6) is 0.225. The second-order valence-corrected chi connectivity index (χ2v) is 8.58. The molecule has 4 heteroatoms. The lowest BCUT2D eigenvalue weighted by atomic mass is 9.86. The van der Waals surface area contributed by atoms with Crippen molar-refractivity contribution in [1.82, 2.24) is 0 Å². The van der Waals surface area contributed by atoms with Crippen LogP contribution in [0.3, 0.4) is 0 Å². The van der Waals surface area contributed by atoms with Gasteiger partial charge in [-0.15, -0.1) is 0 Å². The number of aliphatic hydroxyl groups is 1. The Morgan fingerprint density at radius 3 is 2.24 bits per heavy atom. The number of hydrogen-bond donors (Lipinski definition) is 1. The second-order valence-electron chi connectivity index (χ2n) is 8.58. The molecule has 148 valence electrons. The van der Waals surface area contributed by atoms with E-state index in [9.17, 15) is 9.90 Å². The Kier molecular flexibility index (Phi) is 11.4. The van der Waals surface area contributed by atoms with Gasteiger partial charge in [-0.05, 0) is 19.3 Å². The first-order valence-electron chi connectivity index (χ1n) is 10.6. The van der Waals surface area contributed by atoms with Crippen LogP contribution in [0.4, 0.5) is 0 Å². The van der Waals surface area contributed by atoms with Gasteiger partial charge in [0.2, 0.25) is 0 Å². The van der Waals surface area contributed by atoms with Gasteiger partial charge in [0, 0.05) is 5.92 Å². The van der Waals surface area contributed by atoms with Gasteiger partial charge in [-0.25, -0.2) is 4.79 Å². The molecule has 4 nitrogen and oxygen atoms in total. The van der Waals surface area contributed by atoms with E-state index in [-0.39, 0.29) is 12.1 Å². The molecule has 2 atom stereocenters. The Morgan fingerprint density at radius 2 is 1.60 bits per heavy atom. The molecular weight excluding hydrogens is 314 g/mol. The number of esters is 1. The molecule has 0 aromatic rings. The molecule has 1 N–H and O–H groups in total. The minimum absolute atomic E-state index is 0.0988. The molecule has 25 heavy (non-hydrogen) atoms. The predicted molar refractivity (Wildman–Crippen MR) is 103 cm³/mol. The fraction of sp³-hybridized carbons (Fsp3) is 0.952.